The maximum Gasteiger partial charge on any atom is 0.432 e. The zero-order valence-electron chi connectivity index (χ0n) is 13.9. The van der Waals surface area contributed by atoms with Crippen molar-refractivity contribution in [3.05, 3.63) is 65.2 Å². The van der Waals surface area contributed by atoms with Gasteiger partial charge in [0, 0.05) is 0 Å². The number of hydrogen-bond acceptors (Lipinski definition) is 1. The number of para-hydroxylation sites is 1. The molecule has 1 saturated carbocycles. The van der Waals surface area contributed by atoms with E-state index in [9.17, 15) is 17.6 Å². The van der Waals surface area contributed by atoms with Crippen LogP contribution in [0.3, 0.4) is 0 Å². The van der Waals surface area contributed by atoms with Gasteiger partial charge in [-0.3, -0.25) is 0 Å². The van der Waals surface area contributed by atoms with Gasteiger partial charge in [-0.15, -0.1) is 0 Å². The fourth-order valence-corrected chi connectivity index (χ4v) is 3.39. The molecule has 0 amide bonds. The lowest BCUT2D eigenvalue weighted by molar-refractivity contribution is -0.189. The molecule has 1 nitrogen and oxygen atoms in total. The maximum atomic E-state index is 14.3. The molecule has 0 bridgehead atoms. The SMILES string of the molecule is CC1CCC(c2cc(F)c(C(F)(F)Oc3ccccc3)c(F)c2)CC1. The summed E-state index contributed by atoms with van der Waals surface area (Å²) in [5.41, 5.74) is -0.898. The van der Waals surface area contributed by atoms with Crippen molar-refractivity contribution < 1.29 is 22.3 Å². The van der Waals surface area contributed by atoms with Crippen LogP contribution in [0.2, 0.25) is 0 Å². The van der Waals surface area contributed by atoms with Crippen molar-refractivity contribution in [3.8, 4) is 5.75 Å². The third kappa shape index (κ3) is 3.97. The fourth-order valence-electron chi connectivity index (χ4n) is 3.39. The number of rotatable bonds is 4. The van der Waals surface area contributed by atoms with Gasteiger partial charge in [0.25, 0.3) is 0 Å². The summed E-state index contributed by atoms with van der Waals surface area (Å²) < 4.78 is 61.8. The fraction of sp³-hybridized carbons (Fsp3) is 0.400. The lowest BCUT2D eigenvalue weighted by Gasteiger charge is -2.27. The number of hydrogen-bond donors (Lipinski definition) is 0. The van der Waals surface area contributed by atoms with E-state index in [2.05, 4.69) is 11.7 Å². The first-order valence-electron chi connectivity index (χ1n) is 8.48. The molecule has 2 aromatic carbocycles. The summed E-state index contributed by atoms with van der Waals surface area (Å²) in [6, 6.07) is 9.31. The molecule has 0 aromatic heterocycles. The highest BCUT2D eigenvalue weighted by atomic mass is 19.3. The summed E-state index contributed by atoms with van der Waals surface area (Å²) in [5, 5.41) is 0. The lowest BCUT2D eigenvalue weighted by atomic mass is 9.79. The Morgan fingerprint density at radius 2 is 1.48 bits per heavy atom. The topological polar surface area (TPSA) is 9.23 Å². The second-order valence-electron chi connectivity index (χ2n) is 6.75. The zero-order valence-corrected chi connectivity index (χ0v) is 13.9. The van der Waals surface area contributed by atoms with E-state index >= 15 is 0 Å². The Labute approximate surface area is 144 Å². The van der Waals surface area contributed by atoms with Gasteiger partial charge in [-0.05, 0) is 54.5 Å². The molecule has 2 aromatic rings. The standard InChI is InChI=1S/C20H20F4O/c1-13-7-9-14(10-8-13)15-11-17(21)19(18(22)12-15)20(23,24)25-16-5-3-2-4-6-16/h2-6,11-14H,7-10H2,1H3. The van der Waals surface area contributed by atoms with E-state index < -0.39 is 23.3 Å². The Morgan fingerprint density at radius 3 is 2.04 bits per heavy atom. The Hall–Kier alpha value is -2.04. The molecule has 0 heterocycles. The first-order valence-corrected chi connectivity index (χ1v) is 8.48. The molecule has 0 N–H and O–H groups in total. The minimum Gasteiger partial charge on any atom is -0.429 e. The van der Waals surface area contributed by atoms with Crippen LogP contribution in [-0.2, 0) is 6.11 Å². The summed E-state index contributed by atoms with van der Waals surface area (Å²) in [6.07, 6.45) is -0.506. The minimum atomic E-state index is -4.09. The van der Waals surface area contributed by atoms with Gasteiger partial charge in [-0.25, -0.2) is 8.78 Å². The summed E-state index contributed by atoms with van der Waals surface area (Å²) in [7, 11) is 0. The van der Waals surface area contributed by atoms with E-state index in [4.69, 9.17) is 0 Å². The Balaban J connectivity index is 1.87. The van der Waals surface area contributed by atoms with E-state index in [-0.39, 0.29) is 11.7 Å². The summed E-state index contributed by atoms with van der Waals surface area (Å²) in [5.74, 6) is -2.09. The molecular weight excluding hydrogens is 332 g/mol. The van der Waals surface area contributed by atoms with Crippen LogP contribution < -0.4 is 4.74 Å². The van der Waals surface area contributed by atoms with Crippen LogP contribution in [0.1, 0.15) is 49.7 Å². The van der Waals surface area contributed by atoms with Gasteiger partial charge in [-0.1, -0.05) is 38.0 Å². The molecule has 1 aliphatic carbocycles. The molecule has 3 rings (SSSR count). The van der Waals surface area contributed by atoms with Gasteiger partial charge in [0.15, 0.2) is 0 Å². The van der Waals surface area contributed by atoms with Crippen LogP contribution in [0.4, 0.5) is 17.6 Å². The number of halogens is 4. The largest absolute Gasteiger partial charge is 0.432 e. The third-order valence-electron chi connectivity index (χ3n) is 4.83. The average Bonchev–Trinajstić information content (AvgIpc) is 2.55. The van der Waals surface area contributed by atoms with Gasteiger partial charge in [0.2, 0.25) is 0 Å². The molecule has 0 aliphatic heterocycles. The summed E-state index contributed by atoms with van der Waals surface area (Å²) >= 11 is 0. The van der Waals surface area contributed by atoms with Crippen LogP contribution >= 0.6 is 0 Å². The molecule has 0 spiro atoms. The van der Waals surface area contributed by atoms with Gasteiger partial charge in [0.05, 0.1) is 0 Å². The zero-order chi connectivity index (χ0) is 18.0. The molecule has 0 unspecified atom stereocenters. The molecule has 1 aliphatic rings. The second-order valence-corrected chi connectivity index (χ2v) is 6.75. The van der Waals surface area contributed by atoms with Crippen molar-refractivity contribution >= 4 is 0 Å². The molecule has 0 atom stereocenters. The summed E-state index contributed by atoms with van der Waals surface area (Å²) in [4.78, 5) is 0. The van der Waals surface area contributed by atoms with Gasteiger partial charge in [0.1, 0.15) is 22.9 Å². The normalized spacial score (nSPS) is 21.2. The number of ether oxygens (including phenoxy) is 1. The van der Waals surface area contributed by atoms with Crippen molar-refractivity contribution in [2.24, 2.45) is 5.92 Å². The highest BCUT2D eigenvalue weighted by Crippen LogP contribution is 2.39. The third-order valence-corrected chi connectivity index (χ3v) is 4.83. The molecule has 5 heteroatoms. The van der Waals surface area contributed by atoms with Crippen LogP contribution in [0.25, 0.3) is 0 Å². The molecule has 25 heavy (non-hydrogen) atoms. The van der Waals surface area contributed by atoms with Crippen LogP contribution in [-0.4, -0.2) is 0 Å². The van der Waals surface area contributed by atoms with Crippen molar-refractivity contribution in [2.75, 3.05) is 0 Å². The molecule has 1 fully saturated rings. The highest BCUT2D eigenvalue weighted by Gasteiger charge is 2.41. The Morgan fingerprint density at radius 1 is 0.920 bits per heavy atom. The minimum absolute atomic E-state index is 0.0120. The van der Waals surface area contributed by atoms with E-state index in [0.717, 1.165) is 37.8 Å². The molecule has 134 valence electrons. The molecular formula is C20H20F4O. The van der Waals surface area contributed by atoms with E-state index in [1.54, 1.807) is 6.07 Å². The van der Waals surface area contributed by atoms with Gasteiger partial charge >= 0.3 is 6.11 Å². The van der Waals surface area contributed by atoms with Crippen LogP contribution in [0, 0.1) is 17.6 Å². The Bertz CT molecular complexity index is 699. The molecule has 0 saturated heterocycles. The van der Waals surface area contributed by atoms with E-state index in [1.807, 2.05) is 0 Å². The quantitative estimate of drug-likeness (QED) is 0.580. The van der Waals surface area contributed by atoms with Crippen molar-refractivity contribution in [1.29, 1.82) is 0 Å². The van der Waals surface area contributed by atoms with Crippen LogP contribution in [0.5, 0.6) is 5.75 Å². The first kappa shape index (κ1) is 17.8. The average molecular weight is 352 g/mol. The van der Waals surface area contributed by atoms with Crippen LogP contribution in [0.15, 0.2) is 42.5 Å². The van der Waals surface area contributed by atoms with Gasteiger partial charge in [-0.2, -0.15) is 8.78 Å². The maximum absolute atomic E-state index is 14.3. The Kier molecular flexibility index (Phi) is 5.02. The van der Waals surface area contributed by atoms with Crippen molar-refractivity contribution in [1.82, 2.24) is 0 Å². The first-order chi connectivity index (χ1) is 11.9. The second kappa shape index (κ2) is 7.06. The summed E-state index contributed by atoms with van der Waals surface area (Å²) in [6.45, 7) is 2.14. The van der Waals surface area contributed by atoms with E-state index in [1.165, 1.54) is 24.3 Å². The van der Waals surface area contributed by atoms with E-state index in [0.29, 0.717) is 11.5 Å². The predicted molar refractivity (Wildman–Crippen MR) is 87.7 cm³/mol. The van der Waals surface area contributed by atoms with Crippen molar-refractivity contribution in [3.63, 3.8) is 0 Å². The monoisotopic (exact) mass is 352 g/mol. The number of benzene rings is 2. The highest BCUT2D eigenvalue weighted by molar-refractivity contribution is 5.32. The molecule has 0 radical (unpaired) electrons. The van der Waals surface area contributed by atoms with Crippen molar-refractivity contribution in [2.45, 2.75) is 44.6 Å². The predicted octanol–water partition coefficient (Wildman–Crippen LogP) is 6.39. The number of alkyl halides is 2. The lowest BCUT2D eigenvalue weighted by Crippen LogP contribution is -2.25. The van der Waals surface area contributed by atoms with Gasteiger partial charge < -0.3 is 4.74 Å². The smallest absolute Gasteiger partial charge is 0.429 e.